The minimum absolute atomic E-state index is 0.166. The molecule has 0 bridgehead atoms. The second-order valence-electron chi connectivity index (χ2n) is 2.88. The summed E-state index contributed by atoms with van der Waals surface area (Å²) < 4.78 is 1.12. The highest BCUT2D eigenvalue weighted by molar-refractivity contribution is 9.10. The van der Waals surface area contributed by atoms with Crippen LogP contribution in [0.3, 0.4) is 0 Å². The van der Waals surface area contributed by atoms with Crippen LogP contribution in [0.1, 0.15) is 24.6 Å². The van der Waals surface area contributed by atoms with E-state index in [9.17, 15) is 5.11 Å². The SMILES string of the molecule is CCCC(O)Cc1cc(Br)cs1. The minimum Gasteiger partial charge on any atom is -0.393 e. The summed E-state index contributed by atoms with van der Waals surface area (Å²) in [7, 11) is 0. The largest absolute Gasteiger partial charge is 0.393 e. The Bertz CT molecular complexity index is 234. The summed E-state index contributed by atoms with van der Waals surface area (Å²) in [5, 5.41) is 11.6. The highest BCUT2D eigenvalue weighted by Gasteiger charge is 2.05. The molecule has 0 aliphatic heterocycles. The van der Waals surface area contributed by atoms with Crippen molar-refractivity contribution in [2.45, 2.75) is 32.3 Å². The molecule has 68 valence electrons. The summed E-state index contributed by atoms with van der Waals surface area (Å²) in [6.07, 6.45) is 2.58. The molecule has 0 spiro atoms. The van der Waals surface area contributed by atoms with E-state index in [0.717, 1.165) is 23.7 Å². The lowest BCUT2D eigenvalue weighted by atomic mass is 10.1. The van der Waals surface area contributed by atoms with Crippen molar-refractivity contribution in [1.82, 2.24) is 0 Å². The first-order valence-electron chi connectivity index (χ1n) is 4.13. The van der Waals surface area contributed by atoms with Crippen LogP contribution < -0.4 is 0 Å². The number of halogens is 1. The zero-order valence-electron chi connectivity index (χ0n) is 7.09. The van der Waals surface area contributed by atoms with Crippen LogP contribution in [-0.4, -0.2) is 11.2 Å². The number of hydrogen-bond donors (Lipinski definition) is 1. The topological polar surface area (TPSA) is 20.2 Å². The lowest BCUT2D eigenvalue weighted by molar-refractivity contribution is 0.165. The zero-order valence-corrected chi connectivity index (χ0v) is 9.49. The van der Waals surface area contributed by atoms with E-state index in [1.54, 1.807) is 11.3 Å². The third-order valence-corrected chi connectivity index (χ3v) is 3.40. The third-order valence-electron chi connectivity index (χ3n) is 1.68. The van der Waals surface area contributed by atoms with Crippen molar-refractivity contribution in [2.75, 3.05) is 0 Å². The fourth-order valence-electron chi connectivity index (χ4n) is 1.13. The maximum Gasteiger partial charge on any atom is 0.0588 e. The molecule has 0 saturated carbocycles. The van der Waals surface area contributed by atoms with Crippen molar-refractivity contribution in [3.8, 4) is 0 Å². The molecule has 1 N–H and O–H groups in total. The fourth-order valence-corrected chi connectivity index (χ4v) is 2.65. The predicted molar refractivity (Wildman–Crippen MR) is 56.6 cm³/mol. The molecule has 0 aliphatic rings. The Morgan fingerprint density at radius 3 is 2.92 bits per heavy atom. The first kappa shape index (κ1) is 10.2. The second kappa shape index (κ2) is 5.00. The van der Waals surface area contributed by atoms with E-state index < -0.39 is 0 Å². The molecule has 1 aromatic heterocycles. The van der Waals surface area contributed by atoms with Crippen molar-refractivity contribution in [1.29, 1.82) is 0 Å². The van der Waals surface area contributed by atoms with Crippen LogP contribution in [0.4, 0.5) is 0 Å². The van der Waals surface area contributed by atoms with Gasteiger partial charge in [0.1, 0.15) is 0 Å². The molecule has 1 nitrogen and oxygen atoms in total. The average molecular weight is 249 g/mol. The number of hydrogen-bond acceptors (Lipinski definition) is 2. The maximum atomic E-state index is 9.50. The van der Waals surface area contributed by atoms with Gasteiger partial charge in [-0.1, -0.05) is 13.3 Å². The molecule has 12 heavy (non-hydrogen) atoms. The van der Waals surface area contributed by atoms with Gasteiger partial charge in [0, 0.05) is 21.2 Å². The summed E-state index contributed by atoms with van der Waals surface area (Å²) >= 11 is 5.09. The van der Waals surface area contributed by atoms with Gasteiger partial charge in [0.2, 0.25) is 0 Å². The molecule has 1 unspecified atom stereocenters. The van der Waals surface area contributed by atoms with Crippen LogP contribution in [0.2, 0.25) is 0 Å². The summed E-state index contributed by atoms with van der Waals surface area (Å²) in [5.41, 5.74) is 0. The molecular weight excluding hydrogens is 236 g/mol. The van der Waals surface area contributed by atoms with E-state index in [0.29, 0.717) is 0 Å². The molecule has 1 aromatic rings. The van der Waals surface area contributed by atoms with Gasteiger partial charge in [0.25, 0.3) is 0 Å². The molecule has 0 aliphatic carbocycles. The first-order valence-corrected chi connectivity index (χ1v) is 5.80. The fraction of sp³-hybridized carbons (Fsp3) is 0.556. The van der Waals surface area contributed by atoms with Crippen molar-refractivity contribution >= 4 is 27.3 Å². The summed E-state index contributed by atoms with van der Waals surface area (Å²) in [6, 6.07) is 2.07. The Hall–Kier alpha value is 0.140. The summed E-state index contributed by atoms with van der Waals surface area (Å²) in [6.45, 7) is 2.09. The van der Waals surface area contributed by atoms with Gasteiger partial charge in [-0.25, -0.2) is 0 Å². The van der Waals surface area contributed by atoms with Gasteiger partial charge >= 0.3 is 0 Å². The van der Waals surface area contributed by atoms with Crippen LogP contribution in [0.5, 0.6) is 0 Å². The van der Waals surface area contributed by atoms with E-state index in [1.807, 2.05) is 5.38 Å². The van der Waals surface area contributed by atoms with Gasteiger partial charge in [-0.15, -0.1) is 11.3 Å². The van der Waals surface area contributed by atoms with Crippen molar-refractivity contribution < 1.29 is 5.11 Å². The number of rotatable bonds is 4. The third kappa shape index (κ3) is 3.25. The highest BCUT2D eigenvalue weighted by atomic mass is 79.9. The molecule has 1 heterocycles. The van der Waals surface area contributed by atoms with Gasteiger partial charge in [-0.05, 0) is 28.4 Å². The van der Waals surface area contributed by atoms with Gasteiger partial charge in [0.05, 0.1) is 6.10 Å². The molecule has 0 amide bonds. The molecule has 1 rings (SSSR count). The quantitative estimate of drug-likeness (QED) is 0.868. The van der Waals surface area contributed by atoms with Crippen LogP contribution >= 0.6 is 27.3 Å². The maximum absolute atomic E-state index is 9.50. The number of aliphatic hydroxyl groups is 1. The number of aliphatic hydroxyl groups excluding tert-OH is 1. The first-order chi connectivity index (χ1) is 5.72. The van der Waals surface area contributed by atoms with Crippen LogP contribution in [0.25, 0.3) is 0 Å². The molecule has 3 heteroatoms. The van der Waals surface area contributed by atoms with Crippen molar-refractivity contribution in [2.24, 2.45) is 0 Å². The van der Waals surface area contributed by atoms with Gasteiger partial charge in [-0.2, -0.15) is 0 Å². The Morgan fingerprint density at radius 1 is 1.67 bits per heavy atom. The van der Waals surface area contributed by atoms with E-state index in [1.165, 1.54) is 4.88 Å². The van der Waals surface area contributed by atoms with E-state index in [4.69, 9.17) is 0 Å². The standard InChI is InChI=1S/C9H13BrOS/c1-2-3-8(11)5-9-4-7(10)6-12-9/h4,6,8,11H,2-3,5H2,1H3. The van der Waals surface area contributed by atoms with Gasteiger partial charge in [0.15, 0.2) is 0 Å². The smallest absolute Gasteiger partial charge is 0.0588 e. The summed E-state index contributed by atoms with van der Waals surface area (Å²) in [4.78, 5) is 1.25. The van der Waals surface area contributed by atoms with Gasteiger partial charge in [-0.3, -0.25) is 0 Å². The predicted octanol–water partition coefficient (Wildman–Crippen LogP) is 3.21. The van der Waals surface area contributed by atoms with E-state index in [-0.39, 0.29) is 6.10 Å². The molecule has 0 fully saturated rings. The number of thiophene rings is 1. The molecule has 0 aromatic carbocycles. The average Bonchev–Trinajstić information content (AvgIpc) is 2.36. The normalized spacial score (nSPS) is 13.2. The molecule has 0 saturated heterocycles. The molecule has 1 atom stereocenters. The van der Waals surface area contributed by atoms with E-state index >= 15 is 0 Å². The Morgan fingerprint density at radius 2 is 2.42 bits per heavy atom. The summed E-state index contributed by atoms with van der Waals surface area (Å²) in [5.74, 6) is 0. The van der Waals surface area contributed by atoms with E-state index in [2.05, 4.69) is 28.9 Å². The minimum atomic E-state index is -0.166. The molecule has 0 radical (unpaired) electrons. The van der Waals surface area contributed by atoms with Crippen LogP contribution in [-0.2, 0) is 6.42 Å². The Labute approximate surface area is 85.6 Å². The lowest BCUT2D eigenvalue weighted by Crippen LogP contribution is -2.08. The van der Waals surface area contributed by atoms with Crippen molar-refractivity contribution in [3.63, 3.8) is 0 Å². The van der Waals surface area contributed by atoms with Crippen molar-refractivity contribution in [3.05, 3.63) is 20.8 Å². The van der Waals surface area contributed by atoms with Gasteiger partial charge < -0.3 is 5.11 Å². The lowest BCUT2D eigenvalue weighted by Gasteiger charge is -2.05. The monoisotopic (exact) mass is 248 g/mol. The zero-order chi connectivity index (χ0) is 8.97. The Kier molecular flexibility index (Phi) is 4.26. The Balaban J connectivity index is 2.41. The van der Waals surface area contributed by atoms with Crippen LogP contribution in [0.15, 0.2) is 15.9 Å². The highest BCUT2D eigenvalue weighted by Crippen LogP contribution is 2.21. The molecular formula is C9H13BrOS. The van der Waals surface area contributed by atoms with Crippen LogP contribution in [0, 0.1) is 0 Å². The second-order valence-corrected chi connectivity index (χ2v) is 4.79.